The van der Waals surface area contributed by atoms with Gasteiger partial charge in [-0.05, 0) is 35.9 Å². The highest BCUT2D eigenvalue weighted by Gasteiger charge is 2.09. The van der Waals surface area contributed by atoms with Crippen molar-refractivity contribution < 1.29 is 5.11 Å². The molecule has 0 saturated carbocycles. The minimum Gasteiger partial charge on any atom is -0.508 e. The Kier molecular flexibility index (Phi) is 2.94. The third-order valence-corrected chi connectivity index (χ3v) is 3.62. The van der Waals surface area contributed by atoms with Gasteiger partial charge in [-0.3, -0.25) is 4.79 Å². The van der Waals surface area contributed by atoms with E-state index in [1.54, 1.807) is 24.3 Å². The average molecular weight is 304 g/mol. The molecule has 0 unspecified atom stereocenters. The van der Waals surface area contributed by atoms with Gasteiger partial charge in [-0.2, -0.15) is 9.78 Å². The van der Waals surface area contributed by atoms with Gasteiger partial charge in [-0.25, -0.2) is 4.98 Å². The number of para-hydroxylation sites is 1. The van der Waals surface area contributed by atoms with Crippen molar-refractivity contribution in [2.75, 3.05) is 0 Å². The molecule has 0 radical (unpaired) electrons. The van der Waals surface area contributed by atoms with Crippen LogP contribution in [0.4, 0.5) is 0 Å². The third-order valence-electron chi connectivity index (χ3n) is 3.62. The second-order valence-electron chi connectivity index (χ2n) is 5.12. The number of rotatable bonds is 2. The third kappa shape index (κ3) is 2.26. The van der Waals surface area contributed by atoms with E-state index in [0.717, 1.165) is 16.5 Å². The molecule has 0 aliphatic heterocycles. The van der Waals surface area contributed by atoms with Gasteiger partial charge in [-0.15, -0.1) is 0 Å². The van der Waals surface area contributed by atoms with Gasteiger partial charge in [0.25, 0.3) is 5.56 Å². The number of H-pyrrole nitrogens is 1. The fraction of sp³-hybridized carbons (Fsp3) is 0. The van der Waals surface area contributed by atoms with Crippen molar-refractivity contribution in [1.82, 2.24) is 14.6 Å². The summed E-state index contributed by atoms with van der Waals surface area (Å²) >= 11 is 0. The van der Waals surface area contributed by atoms with E-state index in [1.807, 2.05) is 24.3 Å². The number of hydrogen-bond donors (Lipinski definition) is 2. The van der Waals surface area contributed by atoms with Crippen molar-refractivity contribution in [2.24, 2.45) is 5.10 Å². The highest BCUT2D eigenvalue weighted by atomic mass is 16.3. The number of benzene rings is 2. The van der Waals surface area contributed by atoms with Crippen molar-refractivity contribution in [3.63, 3.8) is 0 Å². The number of fused-ring (bicyclic) bond motifs is 3. The maximum Gasteiger partial charge on any atom is 0.298 e. The van der Waals surface area contributed by atoms with E-state index in [1.165, 1.54) is 17.2 Å². The van der Waals surface area contributed by atoms with Gasteiger partial charge in [0.2, 0.25) is 0 Å². The summed E-state index contributed by atoms with van der Waals surface area (Å²) in [6.45, 7) is 0. The first kappa shape index (κ1) is 13.3. The van der Waals surface area contributed by atoms with E-state index in [9.17, 15) is 9.90 Å². The van der Waals surface area contributed by atoms with Gasteiger partial charge in [0.1, 0.15) is 23.1 Å². The Morgan fingerprint density at radius 3 is 2.74 bits per heavy atom. The lowest BCUT2D eigenvalue weighted by Crippen LogP contribution is -2.17. The summed E-state index contributed by atoms with van der Waals surface area (Å²) < 4.78 is 1.19. The van der Waals surface area contributed by atoms with E-state index < -0.39 is 0 Å². The maximum absolute atomic E-state index is 12.5. The van der Waals surface area contributed by atoms with Crippen LogP contribution in [0.3, 0.4) is 0 Å². The second-order valence-corrected chi connectivity index (χ2v) is 5.12. The molecule has 0 atom stereocenters. The smallest absolute Gasteiger partial charge is 0.298 e. The fourth-order valence-corrected chi connectivity index (χ4v) is 2.47. The van der Waals surface area contributed by atoms with Crippen molar-refractivity contribution in [3.05, 3.63) is 70.8 Å². The molecule has 6 heteroatoms. The Hall–Kier alpha value is -3.41. The molecule has 23 heavy (non-hydrogen) atoms. The lowest BCUT2D eigenvalue weighted by molar-refractivity contribution is 0.475. The summed E-state index contributed by atoms with van der Waals surface area (Å²) in [6.07, 6.45) is 2.94. The first-order chi connectivity index (χ1) is 11.2. The largest absolute Gasteiger partial charge is 0.508 e. The zero-order valence-corrected chi connectivity index (χ0v) is 12.0. The molecule has 0 fully saturated rings. The fourth-order valence-electron chi connectivity index (χ4n) is 2.47. The maximum atomic E-state index is 12.5. The molecular formula is C17H12N4O2. The van der Waals surface area contributed by atoms with Crippen molar-refractivity contribution in [1.29, 1.82) is 0 Å². The first-order valence-corrected chi connectivity index (χ1v) is 7.04. The molecule has 112 valence electrons. The van der Waals surface area contributed by atoms with Gasteiger partial charge in [0, 0.05) is 10.9 Å². The molecule has 0 amide bonds. The highest BCUT2D eigenvalue weighted by Crippen LogP contribution is 2.20. The Balaban J connectivity index is 1.82. The van der Waals surface area contributed by atoms with Crippen molar-refractivity contribution in [3.8, 4) is 5.75 Å². The molecule has 2 N–H and O–H groups in total. The summed E-state index contributed by atoms with van der Waals surface area (Å²) in [7, 11) is 0. The normalized spacial score (nSPS) is 11.7. The van der Waals surface area contributed by atoms with Gasteiger partial charge in [0.05, 0.1) is 6.21 Å². The second kappa shape index (κ2) is 5.10. The lowest BCUT2D eigenvalue weighted by atomic mass is 10.2. The van der Waals surface area contributed by atoms with E-state index in [2.05, 4.69) is 15.1 Å². The molecule has 0 saturated heterocycles. The van der Waals surface area contributed by atoms with Crippen molar-refractivity contribution >= 4 is 28.2 Å². The molecule has 2 aromatic carbocycles. The summed E-state index contributed by atoms with van der Waals surface area (Å²) in [5, 5.41) is 14.3. The standard InChI is InChI=1S/C17H12N4O2/c22-12-7-5-11(6-8-12)9-19-21-10-18-15-13-3-1-2-4-14(13)20-16(15)17(21)23/h1-10,20,22H. The van der Waals surface area contributed by atoms with Gasteiger partial charge >= 0.3 is 0 Å². The topological polar surface area (TPSA) is 83.3 Å². The Morgan fingerprint density at radius 1 is 1.13 bits per heavy atom. The van der Waals surface area contributed by atoms with Crippen LogP contribution in [0.1, 0.15) is 5.56 Å². The monoisotopic (exact) mass is 304 g/mol. The van der Waals surface area contributed by atoms with Crippen LogP contribution in [-0.2, 0) is 0 Å². The summed E-state index contributed by atoms with van der Waals surface area (Å²) in [5.74, 6) is 0.181. The Labute approximate surface area is 130 Å². The predicted octanol–water partition coefficient (Wildman–Crippen LogP) is 2.47. The van der Waals surface area contributed by atoms with Crippen LogP contribution < -0.4 is 5.56 Å². The van der Waals surface area contributed by atoms with E-state index >= 15 is 0 Å². The minimum atomic E-state index is -0.263. The molecule has 4 aromatic rings. The molecular weight excluding hydrogens is 292 g/mol. The molecule has 6 nitrogen and oxygen atoms in total. The summed E-state index contributed by atoms with van der Waals surface area (Å²) in [4.78, 5) is 19.9. The zero-order chi connectivity index (χ0) is 15.8. The van der Waals surface area contributed by atoms with Crippen LogP contribution in [0.25, 0.3) is 21.9 Å². The lowest BCUT2D eigenvalue weighted by Gasteiger charge is -1.98. The quantitative estimate of drug-likeness (QED) is 0.558. The van der Waals surface area contributed by atoms with Crippen LogP contribution in [0.15, 0.2) is 64.8 Å². The number of phenols is 1. The molecule has 2 heterocycles. The first-order valence-electron chi connectivity index (χ1n) is 7.04. The highest BCUT2D eigenvalue weighted by molar-refractivity contribution is 6.04. The number of nitrogens with one attached hydrogen (secondary N) is 1. The molecule has 2 aromatic heterocycles. The molecule has 0 spiro atoms. The number of aromatic hydroxyl groups is 1. The number of hydrogen-bond acceptors (Lipinski definition) is 4. The minimum absolute atomic E-state index is 0.181. The van der Waals surface area contributed by atoms with Crippen LogP contribution >= 0.6 is 0 Å². The number of aromatic amines is 1. The SMILES string of the molecule is O=c1c2[nH]c3ccccc3c2ncn1N=Cc1ccc(O)cc1. The van der Waals surface area contributed by atoms with E-state index in [0.29, 0.717) is 11.0 Å². The van der Waals surface area contributed by atoms with Gasteiger partial charge < -0.3 is 10.1 Å². The number of phenolic OH excluding ortho intramolecular Hbond substituents is 1. The van der Waals surface area contributed by atoms with Crippen LogP contribution in [0.5, 0.6) is 5.75 Å². The van der Waals surface area contributed by atoms with Crippen LogP contribution in [0.2, 0.25) is 0 Å². The van der Waals surface area contributed by atoms with Gasteiger partial charge in [-0.1, -0.05) is 18.2 Å². The Morgan fingerprint density at radius 2 is 1.91 bits per heavy atom. The molecule has 0 aliphatic rings. The van der Waals surface area contributed by atoms with Crippen molar-refractivity contribution in [2.45, 2.75) is 0 Å². The molecule has 0 bridgehead atoms. The average Bonchev–Trinajstić information content (AvgIpc) is 2.95. The molecule has 0 aliphatic carbocycles. The number of aromatic nitrogens is 3. The van der Waals surface area contributed by atoms with Crippen LogP contribution in [0, 0.1) is 0 Å². The van der Waals surface area contributed by atoms with E-state index in [4.69, 9.17) is 0 Å². The predicted molar refractivity (Wildman–Crippen MR) is 89.0 cm³/mol. The summed E-state index contributed by atoms with van der Waals surface area (Å²) in [6, 6.07) is 14.2. The van der Waals surface area contributed by atoms with Crippen LogP contribution in [-0.4, -0.2) is 26.0 Å². The summed E-state index contributed by atoms with van der Waals surface area (Å²) in [5.41, 5.74) is 2.44. The molecule has 4 rings (SSSR count). The van der Waals surface area contributed by atoms with E-state index in [-0.39, 0.29) is 11.3 Å². The Bertz CT molecular complexity index is 1090. The zero-order valence-electron chi connectivity index (χ0n) is 12.0. The number of nitrogens with zero attached hydrogens (tertiary/aromatic N) is 3. The van der Waals surface area contributed by atoms with Gasteiger partial charge in [0.15, 0.2) is 0 Å².